The van der Waals surface area contributed by atoms with E-state index >= 15 is 0 Å². The van der Waals surface area contributed by atoms with E-state index in [1.165, 1.54) is 37.6 Å². The van der Waals surface area contributed by atoms with Crippen LogP contribution in [0.2, 0.25) is 0 Å². The third kappa shape index (κ3) is 3.92. The van der Waals surface area contributed by atoms with E-state index in [9.17, 15) is 13.2 Å². The van der Waals surface area contributed by atoms with Gasteiger partial charge in [0.05, 0.1) is 5.03 Å². The molecule has 0 spiro atoms. The molecule has 0 aliphatic carbocycles. The van der Waals surface area contributed by atoms with E-state index in [2.05, 4.69) is 11.1 Å². The van der Waals surface area contributed by atoms with E-state index in [0.29, 0.717) is 17.2 Å². The van der Waals surface area contributed by atoms with Crippen LogP contribution in [-0.2, 0) is 21.2 Å². The number of para-hydroxylation sites is 1. The van der Waals surface area contributed by atoms with Crippen LogP contribution >= 0.6 is 11.8 Å². The number of fused-ring (bicyclic) bond motifs is 1. The first-order valence-corrected chi connectivity index (χ1v) is 10.7. The Kier molecular flexibility index (Phi) is 5.64. The summed E-state index contributed by atoms with van der Waals surface area (Å²) < 4.78 is 25.2. The third-order valence-corrected chi connectivity index (χ3v) is 6.99. The molecule has 0 atom stereocenters. The van der Waals surface area contributed by atoms with Gasteiger partial charge in [0.25, 0.3) is 0 Å². The van der Waals surface area contributed by atoms with Gasteiger partial charge in [0.2, 0.25) is 15.9 Å². The number of carbonyl (C=O) groups excluding carboxylic acids is 1. The lowest BCUT2D eigenvalue weighted by Gasteiger charge is -2.17. The van der Waals surface area contributed by atoms with Crippen LogP contribution in [0.25, 0.3) is 0 Å². The predicted molar refractivity (Wildman–Crippen MR) is 103 cm³/mol. The second-order valence-electron chi connectivity index (χ2n) is 6.14. The molecular formula is C18H21N3O3S2. The van der Waals surface area contributed by atoms with Crippen LogP contribution in [0.4, 0.5) is 5.69 Å². The monoisotopic (exact) mass is 391 g/mol. The zero-order chi connectivity index (χ0) is 18.7. The van der Waals surface area contributed by atoms with Gasteiger partial charge in [0.1, 0.15) is 4.90 Å². The number of pyridine rings is 1. The highest BCUT2D eigenvalue weighted by molar-refractivity contribution is 7.99. The van der Waals surface area contributed by atoms with Gasteiger partial charge in [-0.3, -0.25) is 4.79 Å². The number of amides is 1. The number of thioether (sulfide) groups is 1. The van der Waals surface area contributed by atoms with Crippen LogP contribution in [0.1, 0.15) is 12.0 Å². The predicted octanol–water partition coefficient (Wildman–Crippen LogP) is 2.40. The van der Waals surface area contributed by atoms with Crippen LogP contribution in [-0.4, -0.2) is 50.0 Å². The Morgan fingerprint density at radius 2 is 2.00 bits per heavy atom. The molecule has 1 aromatic carbocycles. The van der Waals surface area contributed by atoms with Crippen molar-refractivity contribution in [1.82, 2.24) is 9.29 Å². The van der Waals surface area contributed by atoms with Gasteiger partial charge < -0.3 is 4.90 Å². The molecule has 2 heterocycles. The average molecular weight is 392 g/mol. The Labute approximate surface area is 158 Å². The summed E-state index contributed by atoms with van der Waals surface area (Å²) in [6.07, 6.45) is 2.67. The summed E-state index contributed by atoms with van der Waals surface area (Å²) in [5.41, 5.74) is 2.23. The number of hydrogen-bond acceptors (Lipinski definition) is 5. The van der Waals surface area contributed by atoms with E-state index in [1.807, 2.05) is 23.1 Å². The van der Waals surface area contributed by atoms with E-state index in [0.717, 1.165) is 23.0 Å². The number of rotatable bonds is 6. The second-order valence-corrected chi connectivity index (χ2v) is 9.41. The number of hydrogen-bond donors (Lipinski definition) is 0. The standard InChI is InChI=1S/C18H21N3O3S2/c1-20(2)26(23,24)15-7-8-17(19-13-15)25-12-10-18(22)21-11-9-14-5-3-4-6-16(14)21/h3-8,13H,9-12H2,1-2H3. The highest BCUT2D eigenvalue weighted by Gasteiger charge is 2.23. The number of benzene rings is 1. The van der Waals surface area contributed by atoms with Gasteiger partial charge in [-0.25, -0.2) is 17.7 Å². The van der Waals surface area contributed by atoms with Gasteiger partial charge in [-0.05, 0) is 30.2 Å². The first kappa shape index (κ1) is 18.9. The fraction of sp³-hybridized carbons (Fsp3) is 0.333. The molecule has 0 bridgehead atoms. The fourth-order valence-corrected chi connectivity index (χ4v) is 4.42. The summed E-state index contributed by atoms with van der Waals surface area (Å²) in [7, 11) is -0.494. The Morgan fingerprint density at radius 3 is 2.69 bits per heavy atom. The summed E-state index contributed by atoms with van der Waals surface area (Å²) in [6.45, 7) is 0.734. The lowest BCUT2D eigenvalue weighted by molar-refractivity contribution is -0.118. The van der Waals surface area contributed by atoms with Gasteiger partial charge in [-0.1, -0.05) is 18.2 Å². The minimum Gasteiger partial charge on any atom is -0.312 e. The summed E-state index contributed by atoms with van der Waals surface area (Å²) >= 11 is 1.45. The van der Waals surface area contributed by atoms with Crippen molar-refractivity contribution in [2.75, 3.05) is 31.3 Å². The molecule has 0 fully saturated rings. The molecule has 26 heavy (non-hydrogen) atoms. The molecule has 0 saturated heterocycles. The molecule has 0 N–H and O–H groups in total. The number of sulfonamides is 1. The molecule has 6 nitrogen and oxygen atoms in total. The van der Waals surface area contributed by atoms with Crippen LogP contribution < -0.4 is 4.90 Å². The van der Waals surface area contributed by atoms with Crippen molar-refractivity contribution in [2.45, 2.75) is 22.8 Å². The molecule has 138 valence electrons. The van der Waals surface area contributed by atoms with E-state index < -0.39 is 10.0 Å². The maximum absolute atomic E-state index is 12.5. The quantitative estimate of drug-likeness (QED) is 0.707. The summed E-state index contributed by atoms with van der Waals surface area (Å²) in [5.74, 6) is 0.707. The molecule has 1 amide bonds. The summed E-state index contributed by atoms with van der Waals surface area (Å²) in [5, 5.41) is 0.706. The van der Waals surface area contributed by atoms with E-state index in [-0.39, 0.29) is 10.8 Å². The number of aromatic nitrogens is 1. The van der Waals surface area contributed by atoms with Crippen LogP contribution in [0.15, 0.2) is 52.5 Å². The Hall–Kier alpha value is -1.90. The number of nitrogens with zero attached hydrogens (tertiary/aromatic N) is 3. The molecular weight excluding hydrogens is 370 g/mol. The fourth-order valence-electron chi connectivity index (χ4n) is 2.79. The maximum atomic E-state index is 12.5. The molecule has 0 radical (unpaired) electrons. The molecule has 3 rings (SSSR count). The highest BCUT2D eigenvalue weighted by Crippen LogP contribution is 2.28. The molecule has 1 aliphatic heterocycles. The summed E-state index contributed by atoms with van der Waals surface area (Å²) in [4.78, 5) is 18.7. The van der Waals surface area contributed by atoms with Crippen molar-refractivity contribution in [1.29, 1.82) is 0 Å². The van der Waals surface area contributed by atoms with Crippen molar-refractivity contribution in [3.63, 3.8) is 0 Å². The van der Waals surface area contributed by atoms with Crippen molar-refractivity contribution >= 4 is 33.4 Å². The normalized spacial score (nSPS) is 13.9. The van der Waals surface area contributed by atoms with Gasteiger partial charge in [-0.2, -0.15) is 0 Å². The van der Waals surface area contributed by atoms with Gasteiger partial charge >= 0.3 is 0 Å². The zero-order valence-electron chi connectivity index (χ0n) is 14.8. The molecule has 1 aliphatic rings. The molecule has 0 saturated carbocycles. The zero-order valence-corrected chi connectivity index (χ0v) is 16.4. The maximum Gasteiger partial charge on any atom is 0.244 e. The second kappa shape index (κ2) is 7.77. The first-order chi connectivity index (χ1) is 12.4. The van der Waals surface area contributed by atoms with Gasteiger partial charge in [0, 0.05) is 44.7 Å². The van der Waals surface area contributed by atoms with E-state index in [1.54, 1.807) is 12.1 Å². The Balaban J connectivity index is 1.55. The lowest BCUT2D eigenvalue weighted by atomic mass is 10.2. The van der Waals surface area contributed by atoms with Crippen LogP contribution in [0.5, 0.6) is 0 Å². The number of anilines is 1. The van der Waals surface area contributed by atoms with Gasteiger partial charge in [0.15, 0.2) is 0 Å². The van der Waals surface area contributed by atoms with Crippen LogP contribution in [0, 0.1) is 0 Å². The minimum atomic E-state index is -3.47. The van der Waals surface area contributed by atoms with Crippen molar-refractivity contribution < 1.29 is 13.2 Å². The Bertz CT molecular complexity index is 896. The summed E-state index contributed by atoms with van der Waals surface area (Å²) in [6, 6.07) is 11.2. The highest BCUT2D eigenvalue weighted by atomic mass is 32.2. The van der Waals surface area contributed by atoms with Gasteiger partial charge in [-0.15, -0.1) is 11.8 Å². The third-order valence-electron chi connectivity index (χ3n) is 4.24. The van der Waals surface area contributed by atoms with Crippen molar-refractivity contribution in [2.24, 2.45) is 0 Å². The Morgan fingerprint density at radius 1 is 1.23 bits per heavy atom. The minimum absolute atomic E-state index is 0.106. The van der Waals surface area contributed by atoms with Crippen molar-refractivity contribution in [3.8, 4) is 0 Å². The molecule has 0 unspecified atom stereocenters. The smallest absolute Gasteiger partial charge is 0.244 e. The average Bonchev–Trinajstić information content (AvgIpc) is 3.06. The van der Waals surface area contributed by atoms with E-state index in [4.69, 9.17) is 0 Å². The lowest BCUT2D eigenvalue weighted by Crippen LogP contribution is -2.29. The SMILES string of the molecule is CN(C)S(=O)(=O)c1ccc(SCCC(=O)N2CCc3ccccc32)nc1. The van der Waals surface area contributed by atoms with Crippen LogP contribution in [0.3, 0.4) is 0 Å². The first-order valence-electron chi connectivity index (χ1n) is 8.29. The molecule has 2 aromatic rings. The topological polar surface area (TPSA) is 70.6 Å². The number of carbonyl (C=O) groups is 1. The van der Waals surface area contributed by atoms with Crippen molar-refractivity contribution in [3.05, 3.63) is 48.2 Å². The molecule has 1 aromatic heterocycles. The largest absolute Gasteiger partial charge is 0.312 e. The molecule has 8 heteroatoms.